The van der Waals surface area contributed by atoms with Crippen LogP contribution < -0.4 is 5.32 Å². The number of nitrogens with one attached hydrogen (secondary N) is 1. The lowest BCUT2D eigenvalue weighted by molar-refractivity contribution is -0.385. The van der Waals surface area contributed by atoms with E-state index in [1.165, 1.54) is 12.1 Å². The molecule has 20 heavy (non-hydrogen) atoms. The van der Waals surface area contributed by atoms with Gasteiger partial charge in [-0.1, -0.05) is 6.92 Å². The first kappa shape index (κ1) is 14.2. The van der Waals surface area contributed by atoms with Crippen LogP contribution in [0.2, 0.25) is 0 Å². The molecule has 0 radical (unpaired) electrons. The molecule has 0 bridgehead atoms. The lowest BCUT2D eigenvalue weighted by Gasteiger charge is -2.08. The predicted molar refractivity (Wildman–Crippen MR) is 72.8 cm³/mol. The zero-order valence-electron chi connectivity index (χ0n) is 11.2. The Kier molecular flexibility index (Phi) is 4.14. The summed E-state index contributed by atoms with van der Waals surface area (Å²) in [6.45, 7) is 4.72. The Morgan fingerprint density at radius 1 is 1.40 bits per heavy atom. The SMILES string of the molecule is CCNC(C)c1ccc(-c2cc(F)cc([N+](=O)[O-])c2)o1. The van der Waals surface area contributed by atoms with E-state index in [-0.39, 0.29) is 11.7 Å². The van der Waals surface area contributed by atoms with Crippen LogP contribution in [-0.2, 0) is 0 Å². The molecule has 0 aliphatic heterocycles. The van der Waals surface area contributed by atoms with Crippen LogP contribution in [0.5, 0.6) is 0 Å². The van der Waals surface area contributed by atoms with Gasteiger partial charge in [0.25, 0.3) is 5.69 Å². The summed E-state index contributed by atoms with van der Waals surface area (Å²) < 4.78 is 19.0. The Balaban J connectivity index is 2.34. The largest absolute Gasteiger partial charge is 0.459 e. The molecule has 1 N–H and O–H groups in total. The summed E-state index contributed by atoms with van der Waals surface area (Å²) in [5, 5.41) is 13.9. The lowest BCUT2D eigenvalue weighted by atomic mass is 10.1. The third kappa shape index (κ3) is 3.03. The van der Waals surface area contributed by atoms with E-state index < -0.39 is 10.7 Å². The normalized spacial score (nSPS) is 12.3. The molecule has 0 saturated carbocycles. The van der Waals surface area contributed by atoms with Gasteiger partial charge >= 0.3 is 0 Å². The molecule has 0 aliphatic rings. The van der Waals surface area contributed by atoms with Crippen molar-refractivity contribution in [3.63, 3.8) is 0 Å². The van der Waals surface area contributed by atoms with Crippen LogP contribution in [0.15, 0.2) is 34.7 Å². The van der Waals surface area contributed by atoms with Crippen LogP contribution in [0.3, 0.4) is 0 Å². The topological polar surface area (TPSA) is 68.3 Å². The van der Waals surface area contributed by atoms with Gasteiger partial charge in [-0.25, -0.2) is 4.39 Å². The van der Waals surface area contributed by atoms with Crippen molar-refractivity contribution in [1.82, 2.24) is 5.32 Å². The maximum absolute atomic E-state index is 13.4. The molecule has 1 atom stereocenters. The average molecular weight is 278 g/mol. The second kappa shape index (κ2) is 5.83. The van der Waals surface area contributed by atoms with E-state index in [2.05, 4.69) is 5.32 Å². The fourth-order valence-electron chi connectivity index (χ4n) is 1.97. The second-order valence-corrected chi connectivity index (χ2v) is 4.44. The third-order valence-corrected chi connectivity index (χ3v) is 2.94. The Labute approximate surface area is 115 Å². The molecule has 5 nitrogen and oxygen atoms in total. The summed E-state index contributed by atoms with van der Waals surface area (Å²) in [4.78, 5) is 10.1. The van der Waals surface area contributed by atoms with E-state index in [0.717, 1.165) is 12.6 Å². The maximum Gasteiger partial charge on any atom is 0.273 e. The van der Waals surface area contributed by atoms with Gasteiger partial charge in [-0.15, -0.1) is 0 Å². The van der Waals surface area contributed by atoms with Crippen molar-refractivity contribution in [2.75, 3.05) is 6.54 Å². The Morgan fingerprint density at radius 3 is 2.80 bits per heavy atom. The number of nitro groups is 1. The fourth-order valence-corrected chi connectivity index (χ4v) is 1.97. The second-order valence-electron chi connectivity index (χ2n) is 4.44. The van der Waals surface area contributed by atoms with Crippen molar-refractivity contribution < 1.29 is 13.7 Å². The van der Waals surface area contributed by atoms with Crippen molar-refractivity contribution in [2.45, 2.75) is 19.9 Å². The number of non-ortho nitro benzene ring substituents is 1. The van der Waals surface area contributed by atoms with Crippen LogP contribution in [0.1, 0.15) is 25.6 Å². The minimum Gasteiger partial charge on any atom is -0.459 e. The highest BCUT2D eigenvalue weighted by molar-refractivity contribution is 5.61. The standard InChI is InChI=1S/C14H15FN2O3/c1-3-16-9(2)13-4-5-14(20-13)10-6-11(15)8-12(7-10)17(18)19/h4-9,16H,3H2,1-2H3. The highest BCUT2D eigenvalue weighted by Crippen LogP contribution is 2.28. The number of benzene rings is 1. The van der Waals surface area contributed by atoms with Gasteiger partial charge in [0.05, 0.1) is 17.0 Å². The first-order chi connectivity index (χ1) is 9.51. The molecule has 1 heterocycles. The van der Waals surface area contributed by atoms with Crippen LogP contribution >= 0.6 is 0 Å². The summed E-state index contributed by atoms with van der Waals surface area (Å²) in [6, 6.07) is 6.88. The molecule has 2 aromatic rings. The van der Waals surface area contributed by atoms with Gasteiger partial charge in [-0.2, -0.15) is 0 Å². The van der Waals surface area contributed by atoms with E-state index >= 15 is 0 Å². The van der Waals surface area contributed by atoms with E-state index in [1.807, 2.05) is 13.8 Å². The van der Waals surface area contributed by atoms with Crippen LogP contribution in [0.25, 0.3) is 11.3 Å². The van der Waals surface area contributed by atoms with Gasteiger partial charge in [-0.3, -0.25) is 10.1 Å². The predicted octanol–water partition coefficient (Wildman–Crippen LogP) is 3.66. The van der Waals surface area contributed by atoms with Crippen LogP contribution in [0, 0.1) is 15.9 Å². The molecular formula is C14H15FN2O3. The van der Waals surface area contributed by atoms with Crippen molar-refractivity contribution in [1.29, 1.82) is 0 Å². The maximum atomic E-state index is 13.4. The molecular weight excluding hydrogens is 263 g/mol. The summed E-state index contributed by atoms with van der Waals surface area (Å²) >= 11 is 0. The van der Waals surface area contributed by atoms with E-state index in [4.69, 9.17) is 4.42 Å². The first-order valence-corrected chi connectivity index (χ1v) is 6.29. The molecule has 0 aliphatic carbocycles. The molecule has 1 aromatic heterocycles. The van der Waals surface area contributed by atoms with E-state index in [9.17, 15) is 14.5 Å². The summed E-state index contributed by atoms with van der Waals surface area (Å²) in [6.07, 6.45) is 0. The zero-order valence-corrected chi connectivity index (χ0v) is 11.2. The van der Waals surface area contributed by atoms with Crippen molar-refractivity contribution in [2.24, 2.45) is 0 Å². The number of furan rings is 1. The molecule has 0 saturated heterocycles. The minimum absolute atomic E-state index is 0.0253. The lowest BCUT2D eigenvalue weighted by Crippen LogP contribution is -2.16. The van der Waals surface area contributed by atoms with Gasteiger partial charge in [0.15, 0.2) is 0 Å². The fraction of sp³-hybridized carbons (Fsp3) is 0.286. The molecule has 1 aromatic carbocycles. The van der Waals surface area contributed by atoms with Crippen LogP contribution in [-0.4, -0.2) is 11.5 Å². The first-order valence-electron chi connectivity index (χ1n) is 6.29. The molecule has 6 heteroatoms. The van der Waals surface area contributed by atoms with Gasteiger partial charge in [0.2, 0.25) is 0 Å². The third-order valence-electron chi connectivity index (χ3n) is 2.94. The van der Waals surface area contributed by atoms with Gasteiger partial charge in [0, 0.05) is 11.6 Å². The van der Waals surface area contributed by atoms with E-state index in [0.29, 0.717) is 17.1 Å². The molecule has 0 amide bonds. The summed E-state index contributed by atoms with van der Waals surface area (Å²) in [7, 11) is 0. The minimum atomic E-state index is -0.660. The quantitative estimate of drug-likeness (QED) is 0.669. The molecule has 106 valence electrons. The Bertz CT molecular complexity index is 625. The summed E-state index contributed by atoms with van der Waals surface area (Å²) in [5.41, 5.74) is 0.0596. The van der Waals surface area contributed by atoms with Crippen molar-refractivity contribution >= 4 is 5.69 Å². The van der Waals surface area contributed by atoms with Crippen molar-refractivity contribution in [3.8, 4) is 11.3 Å². The number of halogens is 1. The molecule has 2 rings (SSSR count). The highest BCUT2D eigenvalue weighted by Gasteiger charge is 2.15. The van der Waals surface area contributed by atoms with Crippen molar-refractivity contribution in [3.05, 3.63) is 52.0 Å². The number of rotatable bonds is 5. The number of nitrogens with zero attached hydrogens (tertiary/aromatic N) is 1. The molecule has 0 spiro atoms. The number of hydrogen-bond donors (Lipinski definition) is 1. The average Bonchev–Trinajstić information content (AvgIpc) is 2.88. The van der Waals surface area contributed by atoms with Gasteiger partial charge in [0.1, 0.15) is 17.3 Å². The Hall–Kier alpha value is -2.21. The molecule has 1 unspecified atom stereocenters. The Morgan fingerprint density at radius 2 is 2.15 bits per heavy atom. The van der Waals surface area contributed by atoms with Crippen LogP contribution in [0.4, 0.5) is 10.1 Å². The number of nitro benzene ring substituents is 1. The smallest absolute Gasteiger partial charge is 0.273 e. The van der Waals surface area contributed by atoms with E-state index in [1.54, 1.807) is 12.1 Å². The molecule has 0 fully saturated rings. The monoisotopic (exact) mass is 278 g/mol. The summed E-state index contributed by atoms with van der Waals surface area (Å²) in [5.74, 6) is 0.452. The highest BCUT2D eigenvalue weighted by atomic mass is 19.1. The number of hydrogen-bond acceptors (Lipinski definition) is 4. The van der Waals surface area contributed by atoms with Gasteiger partial charge in [-0.05, 0) is 31.7 Å². The van der Waals surface area contributed by atoms with Gasteiger partial charge < -0.3 is 9.73 Å². The zero-order chi connectivity index (χ0) is 14.7.